The van der Waals surface area contributed by atoms with Crippen molar-refractivity contribution >= 4 is 5.91 Å². The molecule has 1 rings (SSSR count). The van der Waals surface area contributed by atoms with Gasteiger partial charge in [-0.25, -0.2) is 0 Å². The molecule has 0 heterocycles. The largest absolute Gasteiger partial charge is 0.384 e. The Hall–Kier alpha value is -0.570. The molecular weight excluding hydrogens is 154 g/mol. The van der Waals surface area contributed by atoms with Gasteiger partial charge in [-0.05, 0) is 19.8 Å². The number of aliphatic hydroxyl groups is 1. The van der Waals surface area contributed by atoms with E-state index in [1.807, 2.05) is 0 Å². The van der Waals surface area contributed by atoms with Crippen LogP contribution in [0.15, 0.2) is 0 Å². The van der Waals surface area contributed by atoms with Crippen molar-refractivity contribution in [1.82, 2.24) is 5.32 Å². The first-order valence-corrected chi connectivity index (χ1v) is 4.68. The summed E-state index contributed by atoms with van der Waals surface area (Å²) in [4.78, 5) is 11.0. The average Bonchev–Trinajstić information content (AvgIpc) is 2.06. The van der Waals surface area contributed by atoms with Gasteiger partial charge in [0.25, 0.3) is 0 Å². The molecule has 0 spiro atoms. The van der Waals surface area contributed by atoms with E-state index in [2.05, 4.69) is 5.32 Å². The maximum atomic E-state index is 11.0. The summed E-state index contributed by atoms with van der Waals surface area (Å²) in [6.07, 6.45) is 4.94. The second-order valence-corrected chi connectivity index (χ2v) is 3.52. The van der Waals surface area contributed by atoms with Crippen LogP contribution in [0.25, 0.3) is 0 Å². The molecule has 0 aromatic heterocycles. The molecule has 1 saturated carbocycles. The molecule has 1 amide bonds. The molecule has 0 aromatic rings. The summed E-state index contributed by atoms with van der Waals surface area (Å²) in [5.41, 5.74) is 0. The minimum absolute atomic E-state index is 0.234. The SMILES string of the molecule is C[C@H](O)C(=O)NC1CCCCC1. The van der Waals surface area contributed by atoms with E-state index >= 15 is 0 Å². The second-order valence-electron chi connectivity index (χ2n) is 3.52. The normalized spacial score (nSPS) is 21.8. The van der Waals surface area contributed by atoms with Crippen molar-refractivity contribution in [3.8, 4) is 0 Å². The lowest BCUT2D eigenvalue weighted by Crippen LogP contribution is -2.41. The average molecular weight is 171 g/mol. The first kappa shape index (κ1) is 9.52. The van der Waals surface area contributed by atoms with Crippen LogP contribution < -0.4 is 5.32 Å². The van der Waals surface area contributed by atoms with Crippen LogP contribution in [0.1, 0.15) is 39.0 Å². The predicted molar refractivity (Wildman–Crippen MR) is 46.7 cm³/mol. The molecule has 0 saturated heterocycles. The number of nitrogens with one attached hydrogen (secondary N) is 1. The van der Waals surface area contributed by atoms with Crippen molar-refractivity contribution in [1.29, 1.82) is 0 Å². The van der Waals surface area contributed by atoms with Gasteiger partial charge in [0.1, 0.15) is 6.10 Å². The van der Waals surface area contributed by atoms with Gasteiger partial charge in [0.05, 0.1) is 0 Å². The summed E-state index contributed by atoms with van der Waals surface area (Å²) >= 11 is 0. The third-order valence-electron chi connectivity index (χ3n) is 2.33. The molecule has 1 aliphatic carbocycles. The van der Waals surface area contributed by atoms with Crippen molar-refractivity contribution in [2.24, 2.45) is 0 Å². The molecule has 0 aliphatic heterocycles. The van der Waals surface area contributed by atoms with Gasteiger partial charge in [-0.15, -0.1) is 0 Å². The minimum atomic E-state index is -0.869. The third-order valence-corrected chi connectivity index (χ3v) is 2.33. The summed E-state index contributed by atoms with van der Waals surface area (Å²) in [5, 5.41) is 11.8. The Bertz CT molecular complexity index is 151. The molecule has 3 nitrogen and oxygen atoms in total. The zero-order chi connectivity index (χ0) is 8.97. The maximum absolute atomic E-state index is 11.0. The topological polar surface area (TPSA) is 49.3 Å². The van der Waals surface area contributed by atoms with Crippen LogP contribution in [0.5, 0.6) is 0 Å². The summed E-state index contributed by atoms with van der Waals surface area (Å²) < 4.78 is 0. The smallest absolute Gasteiger partial charge is 0.248 e. The van der Waals surface area contributed by atoms with Gasteiger partial charge >= 0.3 is 0 Å². The third kappa shape index (κ3) is 2.81. The highest BCUT2D eigenvalue weighted by atomic mass is 16.3. The van der Waals surface area contributed by atoms with E-state index in [1.165, 1.54) is 26.2 Å². The lowest BCUT2D eigenvalue weighted by molar-refractivity contribution is -0.129. The first-order chi connectivity index (χ1) is 5.70. The van der Waals surface area contributed by atoms with E-state index < -0.39 is 6.10 Å². The van der Waals surface area contributed by atoms with Gasteiger partial charge in [0, 0.05) is 6.04 Å². The Kier molecular flexibility index (Phi) is 3.53. The van der Waals surface area contributed by atoms with Crippen LogP contribution >= 0.6 is 0 Å². The van der Waals surface area contributed by atoms with E-state index in [9.17, 15) is 4.79 Å². The van der Waals surface area contributed by atoms with E-state index in [1.54, 1.807) is 0 Å². The summed E-state index contributed by atoms with van der Waals surface area (Å²) in [7, 11) is 0. The zero-order valence-corrected chi connectivity index (χ0v) is 7.55. The van der Waals surface area contributed by atoms with E-state index in [4.69, 9.17) is 5.11 Å². The summed E-state index contributed by atoms with van der Waals surface area (Å²) in [5.74, 6) is -0.234. The van der Waals surface area contributed by atoms with Crippen molar-refractivity contribution in [3.05, 3.63) is 0 Å². The van der Waals surface area contributed by atoms with Gasteiger partial charge < -0.3 is 10.4 Å². The molecule has 12 heavy (non-hydrogen) atoms. The summed E-state index contributed by atoms with van der Waals surface area (Å²) in [6, 6.07) is 0.306. The van der Waals surface area contributed by atoms with Gasteiger partial charge in [0.2, 0.25) is 5.91 Å². The minimum Gasteiger partial charge on any atom is -0.384 e. The molecule has 0 unspecified atom stereocenters. The fraction of sp³-hybridized carbons (Fsp3) is 0.889. The molecule has 1 aliphatic rings. The van der Waals surface area contributed by atoms with Crippen LogP contribution in [-0.2, 0) is 4.79 Å². The highest BCUT2D eigenvalue weighted by Crippen LogP contribution is 2.17. The summed E-state index contributed by atoms with van der Waals surface area (Å²) in [6.45, 7) is 1.50. The van der Waals surface area contributed by atoms with Crippen LogP contribution in [0.2, 0.25) is 0 Å². The number of hydrogen-bond donors (Lipinski definition) is 2. The lowest BCUT2D eigenvalue weighted by atomic mass is 9.95. The van der Waals surface area contributed by atoms with Crippen molar-refractivity contribution in [3.63, 3.8) is 0 Å². The fourth-order valence-corrected chi connectivity index (χ4v) is 1.57. The molecule has 3 heteroatoms. The Morgan fingerprint density at radius 1 is 1.42 bits per heavy atom. The lowest BCUT2D eigenvalue weighted by Gasteiger charge is -2.23. The standard InChI is InChI=1S/C9H17NO2/c1-7(11)9(12)10-8-5-3-2-4-6-8/h7-8,11H,2-6H2,1H3,(H,10,12)/t7-/m0/s1. The fourth-order valence-electron chi connectivity index (χ4n) is 1.57. The van der Waals surface area contributed by atoms with E-state index in [-0.39, 0.29) is 5.91 Å². The van der Waals surface area contributed by atoms with Crippen LogP contribution in [0.4, 0.5) is 0 Å². The van der Waals surface area contributed by atoms with Gasteiger partial charge in [-0.2, -0.15) is 0 Å². The molecule has 0 aromatic carbocycles. The first-order valence-electron chi connectivity index (χ1n) is 4.68. The number of rotatable bonds is 2. The van der Waals surface area contributed by atoms with Crippen molar-refractivity contribution in [2.45, 2.75) is 51.2 Å². The molecule has 70 valence electrons. The quantitative estimate of drug-likeness (QED) is 0.646. The Morgan fingerprint density at radius 2 is 2.00 bits per heavy atom. The van der Waals surface area contributed by atoms with Crippen molar-refractivity contribution in [2.75, 3.05) is 0 Å². The molecule has 0 radical (unpaired) electrons. The van der Waals surface area contributed by atoms with Gasteiger partial charge in [0.15, 0.2) is 0 Å². The Labute approximate surface area is 73.2 Å². The number of amides is 1. The molecular formula is C9H17NO2. The van der Waals surface area contributed by atoms with E-state index in [0.29, 0.717) is 6.04 Å². The van der Waals surface area contributed by atoms with Crippen molar-refractivity contribution < 1.29 is 9.90 Å². The second kappa shape index (κ2) is 4.45. The zero-order valence-electron chi connectivity index (χ0n) is 7.55. The number of carbonyl (C=O) groups excluding carboxylic acids is 1. The van der Waals surface area contributed by atoms with E-state index in [0.717, 1.165) is 12.8 Å². The van der Waals surface area contributed by atoms with Gasteiger partial charge in [-0.1, -0.05) is 19.3 Å². The highest BCUT2D eigenvalue weighted by molar-refractivity contribution is 5.80. The predicted octanol–water partition coefficient (Wildman–Crippen LogP) is 0.816. The molecule has 2 N–H and O–H groups in total. The number of hydrogen-bond acceptors (Lipinski definition) is 2. The van der Waals surface area contributed by atoms with Crippen LogP contribution in [0, 0.1) is 0 Å². The van der Waals surface area contributed by atoms with Crippen LogP contribution in [0.3, 0.4) is 0 Å². The molecule has 1 fully saturated rings. The number of aliphatic hydroxyl groups excluding tert-OH is 1. The molecule has 1 atom stereocenters. The number of carbonyl (C=O) groups is 1. The van der Waals surface area contributed by atoms with Crippen LogP contribution in [-0.4, -0.2) is 23.2 Å². The maximum Gasteiger partial charge on any atom is 0.248 e. The van der Waals surface area contributed by atoms with Gasteiger partial charge in [-0.3, -0.25) is 4.79 Å². The Balaban J connectivity index is 2.24. The highest BCUT2D eigenvalue weighted by Gasteiger charge is 2.17. The molecule has 0 bridgehead atoms. The Morgan fingerprint density at radius 3 is 2.50 bits per heavy atom. The monoisotopic (exact) mass is 171 g/mol.